The molecule has 4 rings (SSSR count). The van der Waals surface area contributed by atoms with Crippen LogP contribution in [0.4, 0.5) is 0 Å². The average Bonchev–Trinajstić information content (AvgIpc) is 3.47. The van der Waals surface area contributed by atoms with E-state index < -0.39 is 0 Å². The van der Waals surface area contributed by atoms with Crippen molar-refractivity contribution in [1.29, 1.82) is 0 Å². The van der Waals surface area contributed by atoms with E-state index in [0.717, 1.165) is 55.0 Å². The van der Waals surface area contributed by atoms with E-state index in [9.17, 15) is 9.59 Å². The van der Waals surface area contributed by atoms with E-state index in [1.165, 1.54) is 18.4 Å². The third-order valence-electron chi connectivity index (χ3n) is 6.87. The summed E-state index contributed by atoms with van der Waals surface area (Å²) in [5.74, 6) is 1.23. The summed E-state index contributed by atoms with van der Waals surface area (Å²) in [4.78, 5) is 36.6. The first-order valence-electron chi connectivity index (χ1n) is 11.9. The highest BCUT2D eigenvalue weighted by molar-refractivity contribution is 5.79. The zero-order chi connectivity index (χ0) is 22.5. The van der Waals surface area contributed by atoms with Crippen LogP contribution in [-0.2, 0) is 22.4 Å². The van der Waals surface area contributed by atoms with Gasteiger partial charge in [-0.25, -0.2) is 9.97 Å². The largest absolute Gasteiger partial charge is 0.353 e. The Morgan fingerprint density at radius 2 is 1.72 bits per heavy atom. The second-order valence-electron chi connectivity index (χ2n) is 9.27. The Morgan fingerprint density at radius 1 is 1.03 bits per heavy atom. The van der Waals surface area contributed by atoms with Gasteiger partial charge in [0, 0.05) is 48.4 Å². The Labute approximate surface area is 190 Å². The Hall–Kier alpha value is -2.76. The first-order chi connectivity index (χ1) is 15.5. The maximum Gasteiger partial charge on any atom is 0.224 e. The van der Waals surface area contributed by atoms with Gasteiger partial charge in [-0.3, -0.25) is 9.59 Å². The van der Waals surface area contributed by atoms with Gasteiger partial charge in [0.25, 0.3) is 0 Å². The molecule has 32 heavy (non-hydrogen) atoms. The van der Waals surface area contributed by atoms with E-state index >= 15 is 0 Å². The van der Waals surface area contributed by atoms with Crippen molar-refractivity contribution in [2.45, 2.75) is 77.2 Å². The van der Waals surface area contributed by atoms with Crippen molar-refractivity contribution in [3.63, 3.8) is 0 Å². The number of carbonyl (C=O) groups excluding carboxylic acids is 2. The summed E-state index contributed by atoms with van der Waals surface area (Å²) in [7, 11) is 0. The summed E-state index contributed by atoms with van der Waals surface area (Å²) >= 11 is 0. The SMILES string of the molecule is Cc1nc(C2CCN(C(=O)CCc3ccccc3)C2)nc(C)c1CC(=O)NC1CCCC1. The molecule has 2 heterocycles. The monoisotopic (exact) mass is 434 g/mol. The van der Waals surface area contributed by atoms with Crippen LogP contribution in [0.2, 0.25) is 0 Å². The normalized spacial score (nSPS) is 18.8. The van der Waals surface area contributed by atoms with Crippen LogP contribution in [0.15, 0.2) is 30.3 Å². The van der Waals surface area contributed by atoms with Gasteiger partial charge in [0.1, 0.15) is 5.82 Å². The predicted octanol–water partition coefficient (Wildman–Crippen LogP) is 3.64. The highest BCUT2D eigenvalue weighted by Crippen LogP contribution is 2.27. The minimum atomic E-state index is 0.0653. The van der Waals surface area contributed by atoms with E-state index in [0.29, 0.717) is 25.4 Å². The van der Waals surface area contributed by atoms with E-state index in [1.54, 1.807) is 0 Å². The van der Waals surface area contributed by atoms with Crippen molar-refractivity contribution < 1.29 is 9.59 Å². The third-order valence-corrected chi connectivity index (χ3v) is 6.87. The van der Waals surface area contributed by atoms with Crippen LogP contribution in [0.3, 0.4) is 0 Å². The fourth-order valence-corrected chi connectivity index (χ4v) is 4.96. The summed E-state index contributed by atoms with van der Waals surface area (Å²) in [5, 5.41) is 3.15. The summed E-state index contributed by atoms with van der Waals surface area (Å²) < 4.78 is 0. The lowest BCUT2D eigenvalue weighted by Crippen LogP contribution is -2.34. The maximum atomic E-state index is 12.7. The zero-order valence-electron chi connectivity index (χ0n) is 19.3. The molecule has 6 heteroatoms. The second-order valence-corrected chi connectivity index (χ2v) is 9.27. The van der Waals surface area contributed by atoms with Crippen LogP contribution < -0.4 is 5.32 Å². The molecule has 0 radical (unpaired) electrons. The zero-order valence-corrected chi connectivity index (χ0v) is 19.3. The fourth-order valence-electron chi connectivity index (χ4n) is 4.96. The van der Waals surface area contributed by atoms with E-state index in [2.05, 4.69) is 17.4 Å². The van der Waals surface area contributed by atoms with Crippen molar-refractivity contribution >= 4 is 11.8 Å². The van der Waals surface area contributed by atoms with E-state index in [-0.39, 0.29) is 17.7 Å². The molecule has 2 aliphatic rings. The molecule has 170 valence electrons. The first kappa shape index (κ1) is 22.4. The molecule has 1 aromatic heterocycles. The van der Waals surface area contributed by atoms with Gasteiger partial charge in [0.2, 0.25) is 11.8 Å². The summed E-state index contributed by atoms with van der Waals surface area (Å²) in [6, 6.07) is 10.5. The average molecular weight is 435 g/mol. The molecular formula is C26H34N4O2. The molecule has 1 N–H and O–H groups in total. The van der Waals surface area contributed by atoms with Gasteiger partial charge in [-0.15, -0.1) is 0 Å². The van der Waals surface area contributed by atoms with Crippen LogP contribution in [0.25, 0.3) is 0 Å². The number of aromatic nitrogens is 2. The van der Waals surface area contributed by atoms with Crippen LogP contribution >= 0.6 is 0 Å². The number of likely N-dealkylation sites (tertiary alicyclic amines) is 1. The highest BCUT2D eigenvalue weighted by Gasteiger charge is 2.30. The van der Waals surface area contributed by atoms with Gasteiger partial charge < -0.3 is 10.2 Å². The highest BCUT2D eigenvalue weighted by atomic mass is 16.2. The molecule has 1 atom stereocenters. The molecule has 2 aromatic rings. The van der Waals surface area contributed by atoms with Gasteiger partial charge in [0.15, 0.2) is 0 Å². The van der Waals surface area contributed by atoms with Crippen molar-refractivity contribution in [3.05, 3.63) is 58.7 Å². The minimum absolute atomic E-state index is 0.0653. The Morgan fingerprint density at radius 3 is 2.41 bits per heavy atom. The van der Waals surface area contributed by atoms with E-state index in [1.807, 2.05) is 36.9 Å². The number of aryl methyl sites for hydroxylation is 3. The van der Waals surface area contributed by atoms with Crippen LogP contribution in [0, 0.1) is 13.8 Å². The summed E-state index contributed by atoms with van der Waals surface area (Å²) in [6.45, 7) is 5.36. The first-order valence-corrected chi connectivity index (χ1v) is 11.9. The Balaban J connectivity index is 1.33. The molecular weight excluding hydrogens is 400 g/mol. The number of nitrogens with zero attached hydrogens (tertiary/aromatic N) is 3. The number of hydrogen-bond donors (Lipinski definition) is 1. The molecule has 2 amide bonds. The van der Waals surface area contributed by atoms with Gasteiger partial charge in [-0.05, 0) is 45.1 Å². The van der Waals surface area contributed by atoms with Crippen LogP contribution in [0.1, 0.15) is 72.8 Å². The number of hydrogen-bond acceptors (Lipinski definition) is 4. The Kier molecular flexibility index (Phi) is 7.18. The third kappa shape index (κ3) is 5.53. The molecule has 1 aromatic carbocycles. The number of amides is 2. The molecule has 0 bridgehead atoms. The summed E-state index contributed by atoms with van der Waals surface area (Å²) in [5.41, 5.74) is 3.88. The molecule has 1 saturated heterocycles. The maximum absolute atomic E-state index is 12.7. The van der Waals surface area contributed by atoms with Gasteiger partial charge in [-0.1, -0.05) is 43.2 Å². The quantitative estimate of drug-likeness (QED) is 0.722. The number of benzene rings is 1. The minimum Gasteiger partial charge on any atom is -0.353 e. The molecule has 1 aliphatic heterocycles. The van der Waals surface area contributed by atoms with Crippen molar-refractivity contribution in [2.24, 2.45) is 0 Å². The number of nitrogens with one attached hydrogen (secondary N) is 1. The Bertz CT molecular complexity index is 931. The smallest absolute Gasteiger partial charge is 0.224 e. The second kappa shape index (κ2) is 10.2. The fraction of sp³-hybridized carbons (Fsp3) is 0.538. The number of carbonyl (C=O) groups is 2. The van der Waals surface area contributed by atoms with Gasteiger partial charge in [-0.2, -0.15) is 0 Å². The van der Waals surface area contributed by atoms with Crippen LogP contribution in [-0.4, -0.2) is 45.8 Å². The van der Waals surface area contributed by atoms with E-state index in [4.69, 9.17) is 9.97 Å². The van der Waals surface area contributed by atoms with Gasteiger partial charge >= 0.3 is 0 Å². The molecule has 1 saturated carbocycles. The van der Waals surface area contributed by atoms with Crippen molar-refractivity contribution in [2.75, 3.05) is 13.1 Å². The van der Waals surface area contributed by atoms with Crippen molar-refractivity contribution in [1.82, 2.24) is 20.2 Å². The lowest BCUT2D eigenvalue weighted by Gasteiger charge is -2.18. The molecule has 1 aliphatic carbocycles. The van der Waals surface area contributed by atoms with Crippen LogP contribution in [0.5, 0.6) is 0 Å². The number of rotatable bonds is 7. The molecule has 2 fully saturated rings. The summed E-state index contributed by atoms with van der Waals surface area (Å²) in [6.07, 6.45) is 7.10. The molecule has 0 spiro atoms. The van der Waals surface area contributed by atoms with Gasteiger partial charge in [0.05, 0.1) is 6.42 Å². The molecule has 1 unspecified atom stereocenters. The molecule has 6 nitrogen and oxygen atoms in total. The standard InChI is InChI=1S/C26H34N4O2/c1-18-23(16-24(31)29-22-10-6-7-11-22)19(2)28-26(27-18)21-14-15-30(17-21)25(32)13-12-20-8-4-3-5-9-20/h3-5,8-9,21-22H,6-7,10-17H2,1-2H3,(H,29,31). The predicted molar refractivity (Wildman–Crippen MR) is 124 cm³/mol. The lowest BCUT2D eigenvalue weighted by atomic mass is 10.0. The lowest BCUT2D eigenvalue weighted by molar-refractivity contribution is -0.130. The topological polar surface area (TPSA) is 75.2 Å². The van der Waals surface area contributed by atoms with Crippen molar-refractivity contribution in [3.8, 4) is 0 Å².